The van der Waals surface area contributed by atoms with Crippen LogP contribution in [0.4, 0.5) is 11.4 Å². The Morgan fingerprint density at radius 1 is 1.33 bits per heavy atom. The summed E-state index contributed by atoms with van der Waals surface area (Å²) in [5.74, 6) is 1.74. The first-order chi connectivity index (χ1) is 8.74. The third-order valence-electron chi connectivity index (χ3n) is 3.89. The van der Waals surface area contributed by atoms with Gasteiger partial charge in [0.1, 0.15) is 5.75 Å². The highest BCUT2D eigenvalue weighted by Crippen LogP contribution is 2.31. The van der Waals surface area contributed by atoms with E-state index in [4.69, 9.17) is 10.5 Å². The van der Waals surface area contributed by atoms with Crippen molar-refractivity contribution < 1.29 is 4.74 Å². The van der Waals surface area contributed by atoms with E-state index in [9.17, 15) is 0 Å². The summed E-state index contributed by atoms with van der Waals surface area (Å²) >= 11 is 0. The van der Waals surface area contributed by atoms with E-state index < -0.39 is 0 Å². The average molecular weight is 248 g/mol. The standard InChI is InChI=1S/C15H24N2O/c1-3-4-12-7-9-17(10-8-12)15-6-5-13(18-2)11-14(15)16/h5-6,11-12H,3-4,7-10,16H2,1-2H3. The van der Waals surface area contributed by atoms with Gasteiger partial charge in [0.2, 0.25) is 0 Å². The van der Waals surface area contributed by atoms with Gasteiger partial charge in [-0.25, -0.2) is 0 Å². The second-order valence-corrected chi connectivity index (χ2v) is 5.14. The number of nitrogen functional groups attached to an aromatic ring is 1. The largest absolute Gasteiger partial charge is 0.497 e. The Kier molecular flexibility index (Phi) is 4.34. The van der Waals surface area contributed by atoms with Crippen LogP contribution in [-0.4, -0.2) is 20.2 Å². The van der Waals surface area contributed by atoms with Crippen LogP contribution in [0.15, 0.2) is 18.2 Å². The zero-order chi connectivity index (χ0) is 13.0. The molecule has 1 aliphatic heterocycles. The highest BCUT2D eigenvalue weighted by Gasteiger charge is 2.20. The first-order valence-corrected chi connectivity index (χ1v) is 6.93. The van der Waals surface area contributed by atoms with Gasteiger partial charge in [-0.05, 0) is 30.9 Å². The third kappa shape index (κ3) is 2.89. The molecule has 0 aliphatic carbocycles. The lowest BCUT2D eigenvalue weighted by atomic mass is 9.92. The maximum atomic E-state index is 6.10. The Labute approximate surface area is 110 Å². The molecule has 0 aromatic heterocycles. The number of piperidine rings is 1. The lowest BCUT2D eigenvalue weighted by Crippen LogP contribution is -2.34. The number of hydrogen-bond donors (Lipinski definition) is 1. The highest BCUT2D eigenvalue weighted by atomic mass is 16.5. The van der Waals surface area contributed by atoms with Crippen LogP contribution >= 0.6 is 0 Å². The molecule has 3 heteroatoms. The maximum Gasteiger partial charge on any atom is 0.121 e. The Bertz CT molecular complexity index is 384. The monoisotopic (exact) mass is 248 g/mol. The molecule has 2 N–H and O–H groups in total. The molecular formula is C15H24N2O. The van der Waals surface area contributed by atoms with E-state index in [0.29, 0.717) is 0 Å². The fourth-order valence-electron chi connectivity index (χ4n) is 2.82. The summed E-state index contributed by atoms with van der Waals surface area (Å²) < 4.78 is 5.19. The Balaban J connectivity index is 2.01. The first-order valence-electron chi connectivity index (χ1n) is 6.93. The Morgan fingerprint density at radius 2 is 2.06 bits per heavy atom. The number of nitrogens with two attached hydrogens (primary N) is 1. The van der Waals surface area contributed by atoms with E-state index >= 15 is 0 Å². The number of methoxy groups -OCH3 is 1. The van der Waals surface area contributed by atoms with E-state index in [1.54, 1.807) is 7.11 Å². The first kappa shape index (κ1) is 13.1. The third-order valence-corrected chi connectivity index (χ3v) is 3.89. The summed E-state index contributed by atoms with van der Waals surface area (Å²) in [6, 6.07) is 5.98. The van der Waals surface area contributed by atoms with Crippen molar-refractivity contribution in [3.8, 4) is 5.75 Å². The number of benzene rings is 1. The minimum absolute atomic E-state index is 0.822. The summed E-state index contributed by atoms with van der Waals surface area (Å²) in [5, 5.41) is 0. The van der Waals surface area contributed by atoms with Gasteiger partial charge in [-0.1, -0.05) is 19.8 Å². The van der Waals surface area contributed by atoms with Crippen molar-refractivity contribution in [2.45, 2.75) is 32.6 Å². The molecule has 1 aromatic carbocycles. The van der Waals surface area contributed by atoms with Gasteiger partial charge in [0, 0.05) is 19.2 Å². The Hall–Kier alpha value is -1.38. The SMILES string of the molecule is CCCC1CCN(c2ccc(OC)cc2N)CC1. The summed E-state index contributed by atoms with van der Waals surface area (Å²) in [4.78, 5) is 2.40. The fraction of sp³-hybridized carbons (Fsp3) is 0.600. The molecule has 0 saturated carbocycles. The van der Waals surface area contributed by atoms with Gasteiger partial charge in [-0.3, -0.25) is 0 Å². The molecule has 2 rings (SSSR count). The summed E-state index contributed by atoms with van der Waals surface area (Å²) in [5.41, 5.74) is 8.08. The molecule has 0 radical (unpaired) electrons. The molecule has 0 amide bonds. The molecule has 1 aromatic rings. The van der Waals surface area contributed by atoms with Gasteiger partial charge in [-0.15, -0.1) is 0 Å². The second-order valence-electron chi connectivity index (χ2n) is 5.14. The zero-order valence-electron chi connectivity index (χ0n) is 11.5. The average Bonchev–Trinajstić information content (AvgIpc) is 2.40. The topological polar surface area (TPSA) is 38.5 Å². The number of nitrogens with zero attached hydrogens (tertiary/aromatic N) is 1. The zero-order valence-corrected chi connectivity index (χ0v) is 11.5. The normalized spacial score (nSPS) is 16.9. The maximum absolute atomic E-state index is 6.10. The van der Waals surface area contributed by atoms with Crippen LogP contribution in [0.2, 0.25) is 0 Å². The molecule has 0 spiro atoms. The summed E-state index contributed by atoms with van der Waals surface area (Å²) in [7, 11) is 1.67. The van der Waals surface area contributed by atoms with Crippen LogP contribution in [0.25, 0.3) is 0 Å². The number of ether oxygens (including phenoxy) is 1. The lowest BCUT2D eigenvalue weighted by Gasteiger charge is -2.34. The highest BCUT2D eigenvalue weighted by molar-refractivity contribution is 5.69. The van der Waals surface area contributed by atoms with E-state index in [1.165, 1.54) is 25.7 Å². The fourth-order valence-corrected chi connectivity index (χ4v) is 2.82. The van der Waals surface area contributed by atoms with Crippen molar-refractivity contribution in [3.05, 3.63) is 18.2 Å². The lowest BCUT2D eigenvalue weighted by molar-refractivity contribution is 0.378. The van der Waals surface area contributed by atoms with Crippen LogP contribution in [0.3, 0.4) is 0 Å². The van der Waals surface area contributed by atoms with Gasteiger partial charge in [-0.2, -0.15) is 0 Å². The molecule has 0 atom stereocenters. The smallest absolute Gasteiger partial charge is 0.121 e. The van der Waals surface area contributed by atoms with Crippen LogP contribution in [0.5, 0.6) is 5.75 Å². The summed E-state index contributed by atoms with van der Waals surface area (Å²) in [6.45, 7) is 4.52. The molecule has 3 nitrogen and oxygen atoms in total. The van der Waals surface area contributed by atoms with Gasteiger partial charge < -0.3 is 15.4 Å². The molecule has 18 heavy (non-hydrogen) atoms. The molecule has 100 valence electrons. The van der Waals surface area contributed by atoms with Crippen molar-refractivity contribution in [3.63, 3.8) is 0 Å². The molecular weight excluding hydrogens is 224 g/mol. The van der Waals surface area contributed by atoms with E-state index in [0.717, 1.165) is 36.1 Å². The van der Waals surface area contributed by atoms with Crippen molar-refractivity contribution >= 4 is 11.4 Å². The van der Waals surface area contributed by atoms with Gasteiger partial charge in [0.05, 0.1) is 18.5 Å². The van der Waals surface area contributed by atoms with Crippen molar-refractivity contribution in [2.24, 2.45) is 5.92 Å². The van der Waals surface area contributed by atoms with Gasteiger partial charge in [0.15, 0.2) is 0 Å². The number of rotatable bonds is 4. The molecule has 0 bridgehead atoms. The predicted octanol–water partition coefficient (Wildman–Crippen LogP) is 3.29. The molecule has 1 heterocycles. The van der Waals surface area contributed by atoms with E-state index in [1.807, 2.05) is 12.1 Å². The molecule has 1 fully saturated rings. The minimum atomic E-state index is 0.822. The van der Waals surface area contributed by atoms with Crippen molar-refractivity contribution in [1.29, 1.82) is 0 Å². The van der Waals surface area contributed by atoms with Gasteiger partial charge in [0.25, 0.3) is 0 Å². The van der Waals surface area contributed by atoms with Crippen LogP contribution in [0, 0.1) is 5.92 Å². The van der Waals surface area contributed by atoms with Crippen molar-refractivity contribution in [1.82, 2.24) is 0 Å². The Morgan fingerprint density at radius 3 is 2.61 bits per heavy atom. The van der Waals surface area contributed by atoms with E-state index in [-0.39, 0.29) is 0 Å². The molecule has 1 saturated heterocycles. The quantitative estimate of drug-likeness (QED) is 0.831. The number of anilines is 2. The molecule has 1 aliphatic rings. The minimum Gasteiger partial charge on any atom is -0.497 e. The van der Waals surface area contributed by atoms with Crippen LogP contribution in [-0.2, 0) is 0 Å². The van der Waals surface area contributed by atoms with Crippen molar-refractivity contribution in [2.75, 3.05) is 30.8 Å². The van der Waals surface area contributed by atoms with Crippen LogP contribution < -0.4 is 15.4 Å². The van der Waals surface area contributed by atoms with E-state index in [2.05, 4.69) is 17.9 Å². The number of hydrogen-bond acceptors (Lipinski definition) is 3. The molecule has 0 unspecified atom stereocenters. The summed E-state index contributed by atoms with van der Waals surface area (Å²) in [6.07, 6.45) is 5.25. The van der Waals surface area contributed by atoms with Crippen LogP contribution in [0.1, 0.15) is 32.6 Å². The predicted molar refractivity (Wildman–Crippen MR) is 77.3 cm³/mol. The second kappa shape index (κ2) is 5.98. The van der Waals surface area contributed by atoms with Gasteiger partial charge >= 0.3 is 0 Å².